The number of benzene rings is 2. The van der Waals surface area contributed by atoms with Crippen molar-refractivity contribution in [2.45, 2.75) is 32.2 Å². The van der Waals surface area contributed by atoms with E-state index in [1.807, 2.05) is 0 Å². The minimum atomic E-state index is -0.753. The van der Waals surface area contributed by atoms with Crippen molar-refractivity contribution in [2.75, 3.05) is 12.3 Å². The van der Waals surface area contributed by atoms with Crippen molar-refractivity contribution in [3.05, 3.63) is 75.6 Å². The zero-order valence-electron chi connectivity index (χ0n) is 16.8. The number of nitrogens with zero attached hydrogens (tertiary/aromatic N) is 2. The van der Waals surface area contributed by atoms with E-state index in [1.54, 1.807) is 44.2 Å². The van der Waals surface area contributed by atoms with Gasteiger partial charge < -0.3 is 10.2 Å². The summed E-state index contributed by atoms with van der Waals surface area (Å²) in [6, 6.07) is 11.5. The normalized spacial score (nSPS) is 11.6. The first-order valence-electron chi connectivity index (χ1n) is 9.45. The third kappa shape index (κ3) is 6.55. The minimum absolute atomic E-state index is 0.00616. The zero-order valence-corrected chi connectivity index (χ0v) is 17.7. The Hall–Kier alpha value is -2.94. The predicted molar refractivity (Wildman–Crippen MR) is 114 cm³/mol. The lowest BCUT2D eigenvalue weighted by molar-refractivity contribution is -0.384. The van der Waals surface area contributed by atoms with Gasteiger partial charge in [-0.25, -0.2) is 4.39 Å². The molecule has 0 fully saturated rings. The van der Waals surface area contributed by atoms with Gasteiger partial charge in [-0.05, 0) is 25.5 Å². The summed E-state index contributed by atoms with van der Waals surface area (Å²) in [5, 5.41) is 13.4. The second-order valence-electron chi connectivity index (χ2n) is 6.60. The number of amides is 2. The van der Waals surface area contributed by atoms with Crippen LogP contribution in [0.2, 0.25) is 0 Å². The average Bonchev–Trinajstić information content (AvgIpc) is 2.73. The molecule has 0 spiro atoms. The van der Waals surface area contributed by atoms with E-state index in [1.165, 1.54) is 34.9 Å². The van der Waals surface area contributed by atoms with Crippen molar-refractivity contribution in [3.63, 3.8) is 0 Å². The highest BCUT2D eigenvalue weighted by molar-refractivity contribution is 7.99. The van der Waals surface area contributed by atoms with Crippen LogP contribution in [0.1, 0.15) is 25.0 Å². The summed E-state index contributed by atoms with van der Waals surface area (Å²) in [5.74, 6) is -0.453. The van der Waals surface area contributed by atoms with E-state index in [9.17, 15) is 24.1 Å². The van der Waals surface area contributed by atoms with Crippen molar-refractivity contribution < 1.29 is 18.9 Å². The van der Waals surface area contributed by atoms with E-state index in [-0.39, 0.29) is 29.8 Å². The van der Waals surface area contributed by atoms with Gasteiger partial charge in [-0.1, -0.05) is 30.3 Å². The van der Waals surface area contributed by atoms with E-state index < -0.39 is 16.8 Å². The third-order valence-corrected chi connectivity index (χ3v) is 5.45. The number of halogens is 1. The van der Waals surface area contributed by atoms with Crippen LogP contribution < -0.4 is 5.32 Å². The molecule has 0 heterocycles. The zero-order chi connectivity index (χ0) is 22.1. The molecule has 2 aromatic rings. The van der Waals surface area contributed by atoms with Crippen LogP contribution in [0.5, 0.6) is 0 Å². The van der Waals surface area contributed by atoms with E-state index in [0.29, 0.717) is 17.9 Å². The standard InChI is InChI=1S/C21H24FN3O4S/c1-3-23-21(27)15(2)24(12-17-6-4-5-7-19(17)22)20(26)14-30-13-16-8-10-18(11-9-16)25(28)29/h4-11,15H,3,12-14H2,1-2H3,(H,23,27)/t15-/m1/s1. The highest BCUT2D eigenvalue weighted by Gasteiger charge is 2.26. The molecule has 30 heavy (non-hydrogen) atoms. The molecule has 0 aliphatic rings. The smallest absolute Gasteiger partial charge is 0.269 e. The summed E-state index contributed by atoms with van der Waals surface area (Å²) in [6.45, 7) is 3.82. The van der Waals surface area contributed by atoms with Gasteiger partial charge in [0.25, 0.3) is 5.69 Å². The molecule has 0 aliphatic heterocycles. The number of likely N-dealkylation sites (N-methyl/N-ethyl adjacent to an activating group) is 1. The lowest BCUT2D eigenvalue weighted by Crippen LogP contribution is -2.48. The van der Waals surface area contributed by atoms with Crippen molar-refractivity contribution in [3.8, 4) is 0 Å². The average molecular weight is 434 g/mol. The SMILES string of the molecule is CCNC(=O)[C@@H](C)N(Cc1ccccc1F)C(=O)CSCc1ccc([N+](=O)[O-])cc1. The third-order valence-electron chi connectivity index (χ3n) is 4.46. The summed E-state index contributed by atoms with van der Waals surface area (Å²) in [7, 11) is 0. The molecule has 0 aromatic heterocycles. The molecule has 0 bridgehead atoms. The Balaban J connectivity index is 2.04. The van der Waals surface area contributed by atoms with Gasteiger partial charge in [0, 0.05) is 36.5 Å². The summed E-state index contributed by atoms with van der Waals surface area (Å²) in [4.78, 5) is 36.8. The molecular formula is C21H24FN3O4S. The molecule has 9 heteroatoms. The van der Waals surface area contributed by atoms with Crippen molar-refractivity contribution in [1.29, 1.82) is 0 Å². The monoisotopic (exact) mass is 433 g/mol. The molecule has 0 saturated carbocycles. The van der Waals surface area contributed by atoms with Gasteiger partial charge in [0.15, 0.2) is 0 Å². The van der Waals surface area contributed by atoms with Crippen LogP contribution in [0.25, 0.3) is 0 Å². The number of nitrogens with one attached hydrogen (secondary N) is 1. The number of nitro benzene ring substituents is 1. The van der Waals surface area contributed by atoms with Gasteiger partial charge in [0.1, 0.15) is 11.9 Å². The minimum Gasteiger partial charge on any atom is -0.355 e. The first-order valence-corrected chi connectivity index (χ1v) is 10.6. The number of carbonyl (C=O) groups excluding carboxylic acids is 2. The maximum absolute atomic E-state index is 14.1. The van der Waals surface area contributed by atoms with Crippen LogP contribution in [0.4, 0.5) is 10.1 Å². The fourth-order valence-electron chi connectivity index (χ4n) is 2.77. The fraction of sp³-hybridized carbons (Fsp3) is 0.333. The van der Waals surface area contributed by atoms with Crippen LogP contribution in [0.3, 0.4) is 0 Å². The van der Waals surface area contributed by atoms with Gasteiger partial charge >= 0.3 is 0 Å². The fourth-order valence-corrected chi connectivity index (χ4v) is 3.64. The lowest BCUT2D eigenvalue weighted by Gasteiger charge is -2.28. The van der Waals surface area contributed by atoms with E-state index in [4.69, 9.17) is 0 Å². The topological polar surface area (TPSA) is 92.6 Å². The van der Waals surface area contributed by atoms with Crippen molar-refractivity contribution >= 4 is 29.3 Å². The highest BCUT2D eigenvalue weighted by atomic mass is 32.2. The molecule has 2 amide bonds. The molecule has 2 rings (SSSR count). The number of nitro groups is 1. The molecule has 2 aromatic carbocycles. The molecule has 1 N–H and O–H groups in total. The highest BCUT2D eigenvalue weighted by Crippen LogP contribution is 2.19. The first-order chi connectivity index (χ1) is 14.3. The Kier molecular flexibility index (Phi) is 8.79. The van der Waals surface area contributed by atoms with Crippen molar-refractivity contribution in [1.82, 2.24) is 10.2 Å². The molecule has 160 valence electrons. The number of hydrogen-bond donors (Lipinski definition) is 1. The lowest BCUT2D eigenvalue weighted by atomic mass is 10.1. The van der Waals surface area contributed by atoms with Gasteiger partial charge in [-0.3, -0.25) is 19.7 Å². The maximum atomic E-state index is 14.1. The largest absolute Gasteiger partial charge is 0.355 e. The Morgan fingerprint density at radius 3 is 2.47 bits per heavy atom. The van der Waals surface area contributed by atoms with Crippen LogP contribution in [-0.2, 0) is 21.9 Å². The molecule has 0 aliphatic carbocycles. The maximum Gasteiger partial charge on any atom is 0.269 e. The second kappa shape index (κ2) is 11.3. The van der Waals surface area contributed by atoms with E-state index in [2.05, 4.69) is 5.32 Å². The summed E-state index contributed by atoms with van der Waals surface area (Å²) in [5.41, 5.74) is 1.19. The van der Waals surface area contributed by atoms with E-state index >= 15 is 0 Å². The van der Waals surface area contributed by atoms with Crippen molar-refractivity contribution in [2.24, 2.45) is 0 Å². The molecular weight excluding hydrogens is 409 g/mol. The Morgan fingerprint density at radius 2 is 1.87 bits per heavy atom. The number of carbonyl (C=O) groups is 2. The quantitative estimate of drug-likeness (QED) is 0.457. The summed E-state index contributed by atoms with van der Waals surface area (Å²) >= 11 is 1.33. The van der Waals surface area contributed by atoms with Crippen LogP contribution in [-0.4, -0.2) is 40.0 Å². The first kappa shape index (κ1) is 23.3. The molecule has 0 unspecified atom stereocenters. The van der Waals surface area contributed by atoms with Gasteiger partial charge in [-0.2, -0.15) is 0 Å². The number of rotatable bonds is 10. The van der Waals surface area contributed by atoms with Gasteiger partial charge in [0.2, 0.25) is 11.8 Å². The Labute approximate surface area is 178 Å². The van der Waals surface area contributed by atoms with Gasteiger partial charge in [-0.15, -0.1) is 11.8 Å². The number of non-ortho nitro benzene ring substituents is 1. The van der Waals surface area contributed by atoms with E-state index in [0.717, 1.165) is 5.56 Å². The predicted octanol–water partition coefficient (Wildman–Crippen LogP) is 3.52. The van der Waals surface area contributed by atoms with Gasteiger partial charge in [0.05, 0.1) is 10.7 Å². The second-order valence-corrected chi connectivity index (χ2v) is 7.59. The molecule has 0 radical (unpaired) electrons. The Morgan fingerprint density at radius 1 is 1.20 bits per heavy atom. The number of hydrogen-bond acceptors (Lipinski definition) is 5. The molecule has 7 nitrogen and oxygen atoms in total. The number of thioether (sulfide) groups is 1. The Bertz CT molecular complexity index is 892. The van der Waals surface area contributed by atoms with Crippen LogP contribution >= 0.6 is 11.8 Å². The summed E-state index contributed by atoms with van der Waals surface area (Å²) in [6.07, 6.45) is 0. The summed E-state index contributed by atoms with van der Waals surface area (Å²) < 4.78 is 14.1. The van der Waals surface area contributed by atoms with Crippen LogP contribution in [0.15, 0.2) is 48.5 Å². The molecule has 1 atom stereocenters. The molecule has 0 saturated heterocycles. The van der Waals surface area contributed by atoms with Crippen LogP contribution in [0, 0.1) is 15.9 Å².